The van der Waals surface area contributed by atoms with Crippen molar-refractivity contribution in [2.24, 2.45) is 65.7 Å². The summed E-state index contributed by atoms with van der Waals surface area (Å²) in [4.78, 5) is 107. The maximum Gasteiger partial charge on any atom is 0.307 e. The number of piperidine rings is 4. The topological polar surface area (TPSA) is 368 Å². The second-order valence-electron chi connectivity index (χ2n) is 35.1. The molecule has 718 valence electrons. The van der Waals surface area contributed by atoms with Gasteiger partial charge in [0, 0.05) is 166 Å². The standard InChI is InChI=1S/2C22H20F2N6O.C13H14N4O2.2C9H8F2N2.C9H6F2O.C8H13NO2.C5H2ClN3/c2*1-25-19-11-20(27-13-26-19)29-9-5-16(22(12-29)6-7-22)21(31)30-18(4-8-28-30)15-10-14(23)2-3-17(15)24;1-14-10-6-11(16-8-15-10)17-5-2-9(12(18)19)13(7-17)3-4-13;2*10-6-1-2-8(11)7(5-6)9-3-4-12-13-9;10-8-3-4-9(11)7(6-8)2-1-5-12;10-7(11)6-1-4-9-5-8(6)2-3-8;6-5-1-4(2-7)8-3-9-5/h2*2-3,8,10-11,13,16,18H,4-7,9,12H2;6,8-9H,2-5,7H2,(H,18,19);2*1-2,4-5,9,13H,3H2;1-6H;6,9H,1-5H2,(H,10,11);1,3H/b;;;;;2-1+;;. The number of nitriles is 1. The number of benzene rings is 5. The molecule has 4 saturated carbocycles. The Bertz CT molecular complexity index is 6120. The molecule has 5 aromatic carbocycles. The molecule has 21 rings (SSSR count). The molecule has 8 unspecified atom stereocenters. The second-order valence-corrected chi connectivity index (χ2v) is 35.4. The SMILES string of the molecule is Fc1ccc(F)c(C2CC=NN2)c1.Fc1ccc(F)c(C2CC=NN2)c1.N#Cc1cc(Cl)ncn1.O=C(O)C1CCNCC12CC2.O=C/C=C/c1cc(F)ccc1F.[C-]#[N+]c1cc(N2CCC(C(=O)N3N=CCC3c3cc(F)ccc3F)C3(CC3)C2)ncn1.[C-]#[N+]c1cc(N2CCC(C(=O)N3N=CCC3c3cc(F)ccc3F)C3(CC3)C2)ncn1.[C-]#[N+]c1cc(N2CCC(C(=O)O)C3(CC3)C2)ncn1. The number of carboxylic acids is 2. The van der Waals surface area contributed by atoms with Crippen molar-refractivity contribution >= 4 is 107 Å². The van der Waals surface area contributed by atoms with Crippen LogP contribution in [-0.4, -0.2) is 167 Å². The first-order valence-corrected chi connectivity index (χ1v) is 44.9. The highest BCUT2D eigenvalue weighted by Gasteiger charge is 2.60. The molecule has 2 amide bonds. The van der Waals surface area contributed by atoms with Crippen LogP contribution in [0.25, 0.3) is 20.6 Å². The van der Waals surface area contributed by atoms with Crippen LogP contribution in [0.1, 0.15) is 160 Å². The number of carboxylic acid groups (broad SMARTS) is 2. The lowest BCUT2D eigenvalue weighted by Crippen LogP contribution is -2.48. The molecule has 0 radical (unpaired) electrons. The molecule has 139 heavy (non-hydrogen) atoms. The summed E-state index contributed by atoms with van der Waals surface area (Å²) in [6.07, 6.45) is 27.1. The first kappa shape index (κ1) is 99.9. The fraction of sp³-hybridized carbons (Fsp3) is 0.371. The first-order chi connectivity index (χ1) is 67.0. The second kappa shape index (κ2) is 44.8. The van der Waals surface area contributed by atoms with Crippen LogP contribution in [0.5, 0.6) is 0 Å². The van der Waals surface area contributed by atoms with Gasteiger partial charge in [0.2, 0.25) is 30.8 Å². The number of rotatable bonds is 13. The molecule has 4 spiro atoms. The molecule has 5 N–H and O–H groups in total. The number of halogens is 11. The van der Waals surface area contributed by atoms with E-state index in [1.165, 1.54) is 59.6 Å². The van der Waals surface area contributed by atoms with Gasteiger partial charge in [-0.1, -0.05) is 31.3 Å². The van der Waals surface area contributed by atoms with Gasteiger partial charge in [-0.2, -0.15) is 40.6 Å². The number of amides is 2. The van der Waals surface area contributed by atoms with Crippen LogP contribution in [0.15, 0.2) is 167 Å². The monoisotopic (exact) mass is 1930 g/mol. The molecule has 4 saturated heterocycles. The number of nitrogens with one attached hydrogen (secondary N) is 3. The van der Waals surface area contributed by atoms with E-state index in [1.807, 2.05) is 6.07 Å². The summed E-state index contributed by atoms with van der Waals surface area (Å²) in [5.74, 6) is -4.15. The molecule has 4 aliphatic carbocycles. The van der Waals surface area contributed by atoms with Crippen molar-refractivity contribution < 1.29 is 78.1 Å². The highest BCUT2D eigenvalue weighted by Crippen LogP contribution is 2.60. The summed E-state index contributed by atoms with van der Waals surface area (Å²) in [5, 5.41) is 48.6. The van der Waals surface area contributed by atoms with Crippen LogP contribution in [-0.2, 0) is 24.0 Å². The minimum atomic E-state index is -0.679. The minimum absolute atomic E-state index is 0.0660. The molecular weight excluding hydrogens is 1840 g/mol. The van der Waals surface area contributed by atoms with Crippen LogP contribution in [0.3, 0.4) is 0 Å². The number of nitrogens with zero attached hydrogens (tertiary/aromatic N) is 21. The summed E-state index contributed by atoms with van der Waals surface area (Å²) >= 11 is 5.42. The number of hydrogen-bond acceptors (Lipinski definition) is 24. The molecule has 31 nitrogen and oxygen atoms in total. The molecule has 8 atom stereocenters. The Morgan fingerprint density at radius 1 is 0.446 bits per heavy atom. The predicted molar refractivity (Wildman–Crippen MR) is 491 cm³/mol. The number of aromatic nitrogens is 8. The Morgan fingerprint density at radius 2 is 0.813 bits per heavy atom. The summed E-state index contributed by atoms with van der Waals surface area (Å²) in [6, 6.07) is 23.1. The fourth-order valence-corrected chi connectivity index (χ4v) is 18.6. The van der Waals surface area contributed by atoms with E-state index in [0.29, 0.717) is 129 Å². The van der Waals surface area contributed by atoms with E-state index in [2.05, 4.69) is 106 Å². The maximum absolute atomic E-state index is 14.4. The normalized spacial score (nSPS) is 21.8. The minimum Gasteiger partial charge on any atom is -0.481 e. The number of hydrazone groups is 4. The lowest BCUT2D eigenvalue weighted by molar-refractivity contribution is -0.146. The quantitative estimate of drug-likeness (QED) is 0.0235. The van der Waals surface area contributed by atoms with Gasteiger partial charge in [-0.05, 0) is 203 Å². The van der Waals surface area contributed by atoms with E-state index in [0.717, 1.165) is 168 Å². The average Bonchev–Trinajstić information content (AvgIpc) is 1.60. The van der Waals surface area contributed by atoms with Gasteiger partial charge in [0.25, 0.3) is 17.5 Å². The molecule has 4 aromatic heterocycles. The maximum atomic E-state index is 14.4. The van der Waals surface area contributed by atoms with Gasteiger partial charge < -0.3 is 55.6 Å². The van der Waals surface area contributed by atoms with E-state index in [4.69, 9.17) is 41.7 Å². The number of aliphatic carboxylic acids is 2. The Kier molecular flexibility index (Phi) is 32.2. The summed E-state index contributed by atoms with van der Waals surface area (Å²) in [5.41, 5.74) is 6.46. The van der Waals surface area contributed by atoms with Crippen molar-refractivity contribution in [3.05, 3.63) is 278 Å². The number of anilines is 3. The Labute approximate surface area is 796 Å². The van der Waals surface area contributed by atoms with Crippen molar-refractivity contribution in [1.82, 2.24) is 66.1 Å². The van der Waals surface area contributed by atoms with Gasteiger partial charge in [0.05, 0.1) is 36.0 Å². The fourth-order valence-electron chi connectivity index (χ4n) is 18.5. The van der Waals surface area contributed by atoms with Crippen LogP contribution < -0.4 is 30.9 Å². The molecule has 8 aliphatic heterocycles. The van der Waals surface area contributed by atoms with E-state index >= 15 is 0 Å². The van der Waals surface area contributed by atoms with Gasteiger partial charge in [0.15, 0.2) is 0 Å². The number of carbonyl (C=O) groups is 5. The Hall–Kier alpha value is -15.1. The zero-order chi connectivity index (χ0) is 98.7. The molecule has 12 heterocycles. The van der Waals surface area contributed by atoms with Crippen molar-refractivity contribution in [3.8, 4) is 6.07 Å². The van der Waals surface area contributed by atoms with Crippen LogP contribution in [0.2, 0.25) is 5.15 Å². The van der Waals surface area contributed by atoms with E-state index in [9.17, 15) is 73.0 Å². The number of carbonyl (C=O) groups excluding carboxylic acids is 3. The van der Waals surface area contributed by atoms with Gasteiger partial charge in [-0.15, -0.1) is 15.0 Å². The zero-order valence-corrected chi connectivity index (χ0v) is 75.2. The van der Waals surface area contributed by atoms with Crippen molar-refractivity contribution in [2.45, 2.75) is 127 Å². The smallest absolute Gasteiger partial charge is 0.307 e. The van der Waals surface area contributed by atoms with Gasteiger partial charge in [-0.25, -0.2) is 63.9 Å². The largest absolute Gasteiger partial charge is 0.481 e. The van der Waals surface area contributed by atoms with Crippen LogP contribution >= 0.6 is 11.6 Å². The number of aldehydes is 1. The number of hydrogen-bond donors (Lipinski definition) is 5. The van der Waals surface area contributed by atoms with Crippen molar-refractivity contribution in [3.63, 3.8) is 0 Å². The van der Waals surface area contributed by atoms with Crippen molar-refractivity contribution in [1.29, 1.82) is 5.26 Å². The first-order valence-electron chi connectivity index (χ1n) is 44.5. The third kappa shape index (κ3) is 24.7. The van der Waals surface area contributed by atoms with Gasteiger partial charge >= 0.3 is 11.9 Å². The molecule has 12 aliphatic rings. The molecule has 0 bridgehead atoms. The average molecular weight is 1930 g/mol. The van der Waals surface area contributed by atoms with E-state index in [-0.39, 0.29) is 91.6 Å². The van der Waals surface area contributed by atoms with Crippen LogP contribution in [0.4, 0.5) is 78.8 Å². The van der Waals surface area contributed by atoms with Crippen molar-refractivity contribution in [2.75, 3.05) is 67.1 Å². The van der Waals surface area contributed by atoms with Gasteiger partial charge in [0.1, 0.15) is 105 Å². The van der Waals surface area contributed by atoms with E-state index < -0.39 is 82.2 Å². The summed E-state index contributed by atoms with van der Waals surface area (Å²) in [7, 11) is 0. The third-order valence-corrected chi connectivity index (χ3v) is 26.6. The predicted octanol–water partition coefficient (Wildman–Crippen LogP) is 17.1. The zero-order valence-electron chi connectivity index (χ0n) is 74.4. The Morgan fingerprint density at radius 3 is 1.17 bits per heavy atom. The molecule has 42 heteroatoms. The summed E-state index contributed by atoms with van der Waals surface area (Å²) in [6.45, 7) is 27.0. The third-order valence-electron chi connectivity index (χ3n) is 26.4. The van der Waals surface area contributed by atoms with Gasteiger partial charge in [-0.3, -0.25) is 24.0 Å². The number of allylic oxidation sites excluding steroid dienone is 1. The lowest BCUT2D eigenvalue weighted by Gasteiger charge is -2.40. The lowest BCUT2D eigenvalue weighted by atomic mass is 9.81. The molecule has 9 aromatic rings. The Balaban J connectivity index is 0.000000132. The van der Waals surface area contributed by atoms with Crippen LogP contribution in [0, 0.1) is 135 Å². The summed E-state index contributed by atoms with van der Waals surface area (Å²) < 4.78 is 133. The highest BCUT2D eigenvalue weighted by atomic mass is 35.5. The molecule has 8 fully saturated rings. The van der Waals surface area contributed by atoms with E-state index in [1.54, 1.807) is 43.1 Å². The molecular formula is C97H91ClF10N24O7. The highest BCUT2D eigenvalue weighted by molar-refractivity contribution is 6.29.